The van der Waals surface area contributed by atoms with Gasteiger partial charge in [0.05, 0.1) is 52.0 Å². The summed E-state index contributed by atoms with van der Waals surface area (Å²) in [6.07, 6.45) is 7.64. The minimum atomic E-state index is -0.525. The molecule has 8 atom stereocenters. The van der Waals surface area contributed by atoms with Gasteiger partial charge in [-0.3, -0.25) is 43.4 Å². The molecule has 22 rings (SSSR count). The molecular weight excluding hydrogens is 1530 g/mol. The van der Waals surface area contributed by atoms with Crippen LogP contribution >= 0.6 is 0 Å². The van der Waals surface area contributed by atoms with Crippen molar-refractivity contribution in [1.82, 2.24) is 59.6 Å². The minimum Gasteiger partial charge on any atom is -0.497 e. The molecule has 26 nitrogen and oxygen atoms in total. The number of ether oxygens (including phenoxy) is 6. The van der Waals surface area contributed by atoms with Crippen molar-refractivity contribution >= 4 is 91.0 Å². The second-order valence-corrected chi connectivity index (χ2v) is 32.4. The van der Waals surface area contributed by atoms with Gasteiger partial charge < -0.3 is 78.2 Å². The van der Waals surface area contributed by atoms with E-state index in [4.69, 9.17) is 28.4 Å². The van der Waals surface area contributed by atoms with Crippen molar-refractivity contribution < 1.29 is 66.8 Å². The Balaban J connectivity index is 0.000000107. The number of aromatic amines is 4. The largest absolute Gasteiger partial charge is 0.497 e. The van der Waals surface area contributed by atoms with E-state index >= 15 is 0 Å². The topological polar surface area (TPSA) is 290 Å². The second kappa shape index (κ2) is 32.0. The molecule has 4 aromatic heterocycles. The number of para-hydroxylation sites is 4. The summed E-state index contributed by atoms with van der Waals surface area (Å²) in [6, 6.07) is 56.0. The van der Waals surface area contributed by atoms with Crippen LogP contribution in [0.1, 0.15) is 151 Å². The van der Waals surface area contributed by atoms with Crippen LogP contribution in [0, 0.1) is 0 Å². The molecular formula is C95H94N12O14. The number of imide groups is 1. The van der Waals surface area contributed by atoms with Crippen LogP contribution in [0.2, 0.25) is 0 Å². The number of hydrogen-bond acceptors (Lipinski definition) is 14. The van der Waals surface area contributed by atoms with Gasteiger partial charge in [0.1, 0.15) is 41.7 Å². The van der Waals surface area contributed by atoms with Crippen LogP contribution in [0.15, 0.2) is 182 Å². The number of H-pyrrole nitrogens is 4. The number of urea groups is 1. The first kappa shape index (κ1) is 77.4. The van der Waals surface area contributed by atoms with Gasteiger partial charge in [-0.2, -0.15) is 0 Å². The Hall–Kier alpha value is -13.5. The molecule has 10 aliphatic heterocycles. The number of carbonyl (C=O) groups is 8. The van der Waals surface area contributed by atoms with Gasteiger partial charge >= 0.3 is 6.03 Å². The molecule has 14 heterocycles. The van der Waals surface area contributed by atoms with Crippen LogP contribution in [0.3, 0.4) is 0 Å². The van der Waals surface area contributed by atoms with Crippen molar-refractivity contribution in [3.05, 3.63) is 249 Å². The molecule has 0 saturated carbocycles. The van der Waals surface area contributed by atoms with Crippen LogP contribution in [0.4, 0.5) is 4.79 Å². The van der Waals surface area contributed by atoms with E-state index in [0.29, 0.717) is 68.3 Å². The quantitative estimate of drug-likeness (QED) is 0.0597. The fraction of sp³-hybridized carbons (Fsp3) is 0.326. The number of piperazine rings is 3. The van der Waals surface area contributed by atoms with Crippen molar-refractivity contribution in [2.75, 3.05) is 67.1 Å². The van der Waals surface area contributed by atoms with Crippen molar-refractivity contribution in [3.8, 4) is 34.5 Å². The van der Waals surface area contributed by atoms with Crippen LogP contribution in [0.25, 0.3) is 43.6 Å². The van der Waals surface area contributed by atoms with Gasteiger partial charge in [0, 0.05) is 112 Å². The van der Waals surface area contributed by atoms with E-state index in [9.17, 15) is 38.4 Å². The molecule has 4 fully saturated rings. The highest BCUT2D eigenvalue weighted by atomic mass is 16.7. The van der Waals surface area contributed by atoms with E-state index in [0.717, 1.165) is 161 Å². The second-order valence-electron chi connectivity index (χ2n) is 32.4. The number of nitrogens with one attached hydrogen (secondary N) is 5. The Morgan fingerprint density at radius 3 is 1.10 bits per heavy atom. The Bertz CT molecular complexity index is 6110. The van der Waals surface area contributed by atoms with Crippen LogP contribution in [0.5, 0.6) is 34.5 Å². The SMILES string of the molecule is CCCCN1C(=O)C2Cc3c([nH]c4ccccc34)C(c3ccc(OC)cc3)N2C1=O.CCCCN1CC(=O)N2C(Cc3c([nH]c4ccccc34)C2c2ccc(OC)cc2)C1=O.CCCCN1CC(=O)N2C(Cc3c([nH]c4ccccc34)C2c2ccc3c(c2)OCO3)C1=O.O=C1NCC(=O)N2C1Cc1c([nH]c3ccccc13)C2c1ccc2c(c1)OCO2. The highest BCUT2D eigenvalue weighted by Crippen LogP contribution is 2.50. The molecule has 0 aliphatic carbocycles. The van der Waals surface area contributed by atoms with Gasteiger partial charge in [-0.1, -0.05) is 149 Å². The van der Waals surface area contributed by atoms with Gasteiger partial charge in [-0.25, -0.2) is 4.79 Å². The molecule has 0 bridgehead atoms. The third-order valence-electron chi connectivity index (χ3n) is 25.5. The van der Waals surface area contributed by atoms with Gasteiger partial charge in [0.15, 0.2) is 23.0 Å². The van der Waals surface area contributed by atoms with Crippen LogP contribution < -0.4 is 33.7 Å². The molecule has 8 unspecified atom stereocenters. The molecule has 9 amide bonds. The molecule has 5 N–H and O–H groups in total. The normalized spacial score (nSPS) is 21.4. The molecule has 0 radical (unpaired) electrons. The number of unbranched alkanes of at least 4 members (excludes halogenated alkanes) is 3. The van der Waals surface area contributed by atoms with Gasteiger partial charge in [-0.05, 0) is 137 Å². The van der Waals surface area contributed by atoms with Crippen molar-refractivity contribution in [1.29, 1.82) is 0 Å². The standard InChI is InChI=1S/C25H25N3O4.C25H27N3O3.C24H25N3O3.C21H17N3O4/c1-2-3-10-27-13-22(29)28-19(25(27)30)12-17-16-6-4-5-7-18(16)26-23(17)24(28)15-8-9-20-21(11-15)32-14-31-20;1-3-4-13-27-15-22(29)28-21(25(27)30)14-19-18-7-5-6-8-20(18)26-23(19)24(28)16-9-11-17(31-2)12-10-16;1-3-4-13-26-23(28)20-14-18-17-7-5-6-8-19(17)25-21(18)22(27(20)24(26)29)15-9-11-16(30-2)12-10-15;25-18-9-22-21(26)15-8-13-12-3-1-2-4-14(12)23-19(13)20(24(15)18)11-5-6-16-17(7-11)28-10-27-16/h4-9,11,19,24,26H,2-3,10,12-14H2,1H3;5-12,21,24,26H,3-4,13-15H2,1-2H3;5-12,20,22,25H,3-4,13-14H2,1-2H3;1-7,15,20,23H,8-10H2,(H,22,26). The fourth-order valence-electron chi connectivity index (χ4n) is 19.7. The summed E-state index contributed by atoms with van der Waals surface area (Å²) in [7, 11) is 3.27. The number of aromatic nitrogens is 4. The van der Waals surface area contributed by atoms with E-state index in [-0.39, 0.29) is 105 Å². The predicted octanol–water partition coefficient (Wildman–Crippen LogP) is 13.2. The summed E-state index contributed by atoms with van der Waals surface area (Å²) in [6.45, 7) is 8.68. The van der Waals surface area contributed by atoms with E-state index in [1.54, 1.807) is 38.7 Å². The first-order chi connectivity index (χ1) is 59.1. The van der Waals surface area contributed by atoms with E-state index in [2.05, 4.69) is 76.4 Å². The van der Waals surface area contributed by atoms with Crippen LogP contribution in [-0.4, -0.2) is 193 Å². The number of nitrogens with zero attached hydrogens (tertiary/aromatic N) is 7. The number of benzene rings is 8. The first-order valence-corrected chi connectivity index (χ1v) is 42.0. The monoisotopic (exact) mass is 1630 g/mol. The maximum absolute atomic E-state index is 13.5. The summed E-state index contributed by atoms with van der Waals surface area (Å²) in [4.78, 5) is 132. The van der Waals surface area contributed by atoms with Crippen LogP contribution in [-0.2, 0) is 59.2 Å². The third-order valence-corrected chi connectivity index (χ3v) is 25.5. The number of methoxy groups -OCH3 is 2. The lowest BCUT2D eigenvalue weighted by Crippen LogP contribution is -2.63. The summed E-state index contributed by atoms with van der Waals surface area (Å²) in [5, 5.41) is 7.18. The zero-order chi connectivity index (χ0) is 83.0. The molecule has 8 aromatic carbocycles. The Morgan fingerprint density at radius 2 is 0.702 bits per heavy atom. The minimum absolute atomic E-state index is 0.00540. The molecule has 618 valence electrons. The van der Waals surface area contributed by atoms with Crippen molar-refractivity contribution in [2.45, 2.75) is 133 Å². The number of carbonyl (C=O) groups excluding carboxylic acids is 8. The van der Waals surface area contributed by atoms with E-state index in [1.165, 1.54) is 4.90 Å². The molecule has 12 aromatic rings. The highest BCUT2D eigenvalue weighted by molar-refractivity contribution is 6.06. The molecule has 10 aliphatic rings. The lowest BCUT2D eigenvalue weighted by atomic mass is 9.86. The molecule has 4 saturated heterocycles. The average molecular weight is 1630 g/mol. The number of hydrogen-bond donors (Lipinski definition) is 5. The van der Waals surface area contributed by atoms with Crippen molar-refractivity contribution in [3.63, 3.8) is 0 Å². The predicted molar refractivity (Wildman–Crippen MR) is 452 cm³/mol. The number of fused-ring (bicyclic) bond motifs is 18. The van der Waals surface area contributed by atoms with E-state index in [1.807, 2.05) is 157 Å². The fourth-order valence-corrected chi connectivity index (χ4v) is 19.7. The summed E-state index contributed by atoms with van der Waals surface area (Å²) in [5.41, 5.74) is 16.2. The zero-order valence-corrected chi connectivity index (χ0v) is 68.0. The summed E-state index contributed by atoms with van der Waals surface area (Å²) in [5.74, 6) is 4.05. The average Bonchev–Trinajstić information content (AvgIpc) is 1.52. The Labute approximate surface area is 697 Å². The molecule has 121 heavy (non-hydrogen) atoms. The maximum atomic E-state index is 13.5. The van der Waals surface area contributed by atoms with Gasteiger partial charge in [-0.15, -0.1) is 0 Å². The summed E-state index contributed by atoms with van der Waals surface area (Å²) < 4.78 is 32.7. The zero-order valence-electron chi connectivity index (χ0n) is 68.0. The number of amides is 9. The lowest BCUT2D eigenvalue weighted by molar-refractivity contribution is -0.158. The third kappa shape index (κ3) is 13.5. The molecule has 26 heteroatoms. The van der Waals surface area contributed by atoms with Gasteiger partial charge in [0.2, 0.25) is 49.0 Å². The smallest absolute Gasteiger partial charge is 0.328 e. The highest BCUT2D eigenvalue weighted by Gasteiger charge is 2.54. The Morgan fingerprint density at radius 1 is 0.364 bits per heavy atom. The molecule has 0 spiro atoms. The summed E-state index contributed by atoms with van der Waals surface area (Å²) >= 11 is 0. The van der Waals surface area contributed by atoms with E-state index < -0.39 is 24.2 Å². The Kier molecular flexibility index (Phi) is 20.5. The maximum Gasteiger partial charge on any atom is 0.328 e. The first-order valence-electron chi connectivity index (χ1n) is 42.0. The lowest BCUT2D eigenvalue weighted by Gasteiger charge is -2.47. The van der Waals surface area contributed by atoms with Crippen molar-refractivity contribution in [2.24, 2.45) is 0 Å². The number of rotatable bonds is 15. The van der Waals surface area contributed by atoms with Gasteiger partial charge in [0.25, 0.3) is 5.91 Å².